The van der Waals surface area contributed by atoms with Crippen molar-refractivity contribution in [3.63, 3.8) is 0 Å². The molecule has 0 N–H and O–H groups in total. The molecule has 2 unspecified atom stereocenters. The van der Waals surface area contributed by atoms with Gasteiger partial charge >= 0.3 is 11.9 Å². The summed E-state index contributed by atoms with van der Waals surface area (Å²) in [5, 5.41) is 0.688. The van der Waals surface area contributed by atoms with Gasteiger partial charge in [-0.05, 0) is 18.2 Å². The molecule has 2 bridgehead atoms. The molecule has 0 radical (unpaired) electrons. The molecule has 1 aromatic rings. The number of fused-ring (bicyclic) bond motifs is 2. The van der Waals surface area contributed by atoms with Gasteiger partial charge in [-0.3, -0.25) is 0 Å². The van der Waals surface area contributed by atoms with Crippen LogP contribution in [0.3, 0.4) is 0 Å². The Labute approximate surface area is 131 Å². The zero-order valence-electron chi connectivity index (χ0n) is 11.7. The van der Waals surface area contributed by atoms with Crippen molar-refractivity contribution in [2.24, 2.45) is 0 Å². The van der Waals surface area contributed by atoms with E-state index in [1.54, 1.807) is 18.2 Å². The lowest BCUT2D eigenvalue weighted by Crippen LogP contribution is -2.30. The van der Waals surface area contributed by atoms with Gasteiger partial charge in [0.2, 0.25) is 0 Å². The molecule has 3 rings (SSSR count). The number of hydrogen-bond donors (Lipinski definition) is 0. The number of esters is 2. The third-order valence-corrected chi connectivity index (χ3v) is 6.58. The van der Waals surface area contributed by atoms with E-state index in [9.17, 15) is 9.59 Å². The van der Waals surface area contributed by atoms with E-state index in [4.69, 9.17) is 9.47 Å². The third-order valence-electron chi connectivity index (χ3n) is 3.59. The minimum atomic E-state index is -0.403. The zero-order chi connectivity index (χ0) is 15.0. The zero-order valence-corrected chi connectivity index (χ0v) is 13.3. The highest BCUT2D eigenvalue weighted by Gasteiger charge is 2.42. The number of rotatable bonds is 3. The van der Waals surface area contributed by atoms with E-state index in [1.807, 2.05) is 23.5 Å². The van der Waals surface area contributed by atoms with Gasteiger partial charge < -0.3 is 14.4 Å². The van der Waals surface area contributed by atoms with Crippen LogP contribution in [0.1, 0.15) is 20.7 Å². The normalized spacial score (nSPS) is 23.2. The van der Waals surface area contributed by atoms with Gasteiger partial charge in [0, 0.05) is 11.5 Å². The Morgan fingerprint density at radius 2 is 1.71 bits per heavy atom. The average molecular weight is 325 g/mol. The topological polar surface area (TPSA) is 55.8 Å². The molecule has 2 aliphatic heterocycles. The Hall–Kier alpha value is -1.34. The van der Waals surface area contributed by atoms with Crippen molar-refractivity contribution in [2.45, 2.75) is 10.7 Å². The first-order valence-corrected chi connectivity index (χ1v) is 8.57. The molecule has 0 aliphatic carbocycles. The molecule has 0 saturated carbocycles. The SMILES string of the molecule is COC(=O)c1ccc(C(=O)OC)c(N2C3CSC2CS3)c1. The smallest absolute Gasteiger partial charge is 0.339 e. The van der Waals surface area contributed by atoms with Gasteiger partial charge in [0.15, 0.2) is 0 Å². The van der Waals surface area contributed by atoms with E-state index in [1.165, 1.54) is 14.2 Å². The minimum absolute atomic E-state index is 0.344. The van der Waals surface area contributed by atoms with Crippen LogP contribution in [0.25, 0.3) is 0 Å². The molecule has 2 atom stereocenters. The lowest BCUT2D eigenvalue weighted by Gasteiger charge is -2.25. The van der Waals surface area contributed by atoms with Crippen LogP contribution in [-0.2, 0) is 9.47 Å². The Balaban J connectivity index is 2.06. The number of carbonyl (C=O) groups is 2. The van der Waals surface area contributed by atoms with Crippen LogP contribution in [0, 0.1) is 0 Å². The van der Waals surface area contributed by atoms with Gasteiger partial charge in [0.05, 0.1) is 41.8 Å². The first-order chi connectivity index (χ1) is 10.2. The van der Waals surface area contributed by atoms with Gasteiger partial charge in [-0.1, -0.05) is 0 Å². The summed E-state index contributed by atoms with van der Waals surface area (Å²) in [6.45, 7) is 0. The number of benzene rings is 1. The molecule has 2 heterocycles. The number of hydrogen-bond acceptors (Lipinski definition) is 7. The molecule has 2 fully saturated rings. The summed E-state index contributed by atoms with van der Waals surface area (Å²) in [7, 11) is 2.71. The van der Waals surface area contributed by atoms with Crippen LogP contribution in [0.4, 0.5) is 5.69 Å². The molecule has 2 aliphatic rings. The van der Waals surface area contributed by atoms with Gasteiger partial charge in [0.1, 0.15) is 0 Å². The first kappa shape index (κ1) is 14.6. The predicted molar refractivity (Wildman–Crippen MR) is 84.1 cm³/mol. The molecule has 1 aromatic carbocycles. The van der Waals surface area contributed by atoms with E-state index in [-0.39, 0.29) is 5.97 Å². The Morgan fingerprint density at radius 3 is 2.24 bits per heavy atom. The third kappa shape index (κ3) is 2.48. The van der Waals surface area contributed by atoms with Crippen LogP contribution >= 0.6 is 23.5 Å². The van der Waals surface area contributed by atoms with Gasteiger partial charge in [-0.2, -0.15) is 0 Å². The highest BCUT2D eigenvalue weighted by Crippen LogP contribution is 2.47. The predicted octanol–water partition coefficient (Wildman–Crippen LogP) is 2.21. The van der Waals surface area contributed by atoms with Crippen molar-refractivity contribution >= 4 is 41.1 Å². The summed E-state index contributed by atoms with van der Waals surface area (Å²) in [5.74, 6) is 1.26. The van der Waals surface area contributed by atoms with E-state index in [2.05, 4.69) is 4.90 Å². The number of carbonyl (C=O) groups excluding carboxylic acids is 2. The quantitative estimate of drug-likeness (QED) is 0.790. The number of ether oxygens (including phenoxy) is 2. The van der Waals surface area contributed by atoms with Gasteiger partial charge in [0.25, 0.3) is 0 Å². The summed E-state index contributed by atoms with van der Waals surface area (Å²) >= 11 is 3.76. The Morgan fingerprint density at radius 1 is 1.10 bits per heavy atom. The van der Waals surface area contributed by atoms with E-state index < -0.39 is 5.97 Å². The van der Waals surface area contributed by atoms with Crippen LogP contribution < -0.4 is 4.90 Å². The first-order valence-electron chi connectivity index (χ1n) is 6.48. The van der Waals surface area contributed by atoms with Crippen LogP contribution in [0.2, 0.25) is 0 Å². The van der Waals surface area contributed by atoms with E-state index in [0.717, 1.165) is 17.2 Å². The number of anilines is 1. The fourth-order valence-electron chi connectivity index (χ4n) is 2.57. The fourth-order valence-corrected chi connectivity index (χ4v) is 5.83. The number of methoxy groups -OCH3 is 2. The average Bonchev–Trinajstić information content (AvgIpc) is 3.12. The molecule has 5 nitrogen and oxygen atoms in total. The van der Waals surface area contributed by atoms with Crippen molar-refractivity contribution in [3.8, 4) is 0 Å². The molecule has 0 spiro atoms. The van der Waals surface area contributed by atoms with Crippen LogP contribution in [-0.4, -0.2) is 48.4 Å². The lowest BCUT2D eigenvalue weighted by molar-refractivity contribution is 0.0587. The molecule has 2 saturated heterocycles. The maximum absolute atomic E-state index is 12.0. The highest BCUT2D eigenvalue weighted by atomic mass is 32.2. The van der Waals surface area contributed by atoms with Crippen LogP contribution in [0.15, 0.2) is 18.2 Å². The maximum atomic E-state index is 12.0. The van der Waals surface area contributed by atoms with Crippen molar-refractivity contribution in [2.75, 3.05) is 30.6 Å². The second-order valence-corrected chi connectivity index (χ2v) is 7.12. The summed E-state index contributed by atoms with van der Waals surface area (Å²) in [5.41, 5.74) is 1.70. The Bertz CT molecular complexity index is 572. The molecular weight excluding hydrogens is 310 g/mol. The van der Waals surface area contributed by atoms with Gasteiger partial charge in [-0.15, -0.1) is 23.5 Å². The summed E-state index contributed by atoms with van der Waals surface area (Å²) in [4.78, 5) is 26.0. The molecule has 112 valence electrons. The van der Waals surface area contributed by atoms with Crippen molar-refractivity contribution < 1.29 is 19.1 Å². The highest BCUT2D eigenvalue weighted by molar-refractivity contribution is 8.08. The molecular formula is C14H15NO4S2. The lowest BCUT2D eigenvalue weighted by atomic mass is 10.1. The maximum Gasteiger partial charge on any atom is 0.339 e. The van der Waals surface area contributed by atoms with Crippen molar-refractivity contribution in [1.29, 1.82) is 0 Å². The number of thioether (sulfide) groups is 2. The van der Waals surface area contributed by atoms with E-state index >= 15 is 0 Å². The van der Waals surface area contributed by atoms with Gasteiger partial charge in [-0.25, -0.2) is 9.59 Å². The summed E-state index contributed by atoms with van der Waals surface area (Å²) in [6, 6.07) is 4.97. The summed E-state index contributed by atoms with van der Waals surface area (Å²) < 4.78 is 9.62. The fraction of sp³-hybridized carbons (Fsp3) is 0.429. The molecule has 0 amide bonds. The van der Waals surface area contributed by atoms with E-state index in [0.29, 0.717) is 21.9 Å². The number of nitrogens with zero attached hydrogens (tertiary/aromatic N) is 1. The second kappa shape index (κ2) is 5.81. The summed E-state index contributed by atoms with van der Waals surface area (Å²) in [6.07, 6.45) is 0. The molecule has 21 heavy (non-hydrogen) atoms. The monoisotopic (exact) mass is 325 g/mol. The minimum Gasteiger partial charge on any atom is -0.465 e. The van der Waals surface area contributed by atoms with Crippen molar-refractivity contribution in [1.82, 2.24) is 0 Å². The van der Waals surface area contributed by atoms with Crippen LogP contribution in [0.5, 0.6) is 0 Å². The van der Waals surface area contributed by atoms with Crippen molar-refractivity contribution in [3.05, 3.63) is 29.3 Å². The standard InChI is InChI=1S/C14H15NO4S2/c1-18-13(16)8-3-4-9(14(17)19-2)10(5-8)15-11-6-20-12(15)7-21-11/h3-5,11-12H,6-7H2,1-2H3. The largest absolute Gasteiger partial charge is 0.465 e. The second-order valence-electron chi connectivity index (χ2n) is 4.70. The molecule has 7 heteroatoms. The molecule has 0 aromatic heterocycles. The Kier molecular flexibility index (Phi) is 4.03.